The molecular formula is C19H16N6O2S. The molecule has 0 spiro atoms. The molecule has 140 valence electrons. The van der Waals surface area contributed by atoms with Crippen LogP contribution in [0.5, 0.6) is 0 Å². The van der Waals surface area contributed by atoms with Gasteiger partial charge in [0.25, 0.3) is 5.56 Å². The molecule has 9 heteroatoms. The number of nitrogens with zero attached hydrogens (tertiary/aromatic N) is 6. The summed E-state index contributed by atoms with van der Waals surface area (Å²) in [6.45, 7) is 2.62. The summed E-state index contributed by atoms with van der Waals surface area (Å²) in [6, 6.07) is 12.8. The Hall–Kier alpha value is -3.38. The topological polar surface area (TPSA) is 103 Å². The largest absolute Gasteiger partial charge is 0.461 e. The average Bonchev–Trinajstić information content (AvgIpc) is 3.38. The second kappa shape index (κ2) is 7.70. The molecule has 0 bridgehead atoms. The predicted octanol–water partition coefficient (Wildman–Crippen LogP) is 3.08. The van der Waals surface area contributed by atoms with Crippen LogP contribution in [0.25, 0.3) is 22.5 Å². The molecule has 3 aromatic heterocycles. The summed E-state index contributed by atoms with van der Waals surface area (Å²) < 4.78 is 8.78. The highest BCUT2D eigenvalue weighted by Crippen LogP contribution is 2.26. The second-order valence-corrected chi connectivity index (χ2v) is 6.85. The lowest BCUT2D eigenvalue weighted by molar-refractivity contribution is 0.567. The van der Waals surface area contributed by atoms with E-state index in [1.165, 1.54) is 16.3 Å². The predicted molar refractivity (Wildman–Crippen MR) is 105 cm³/mol. The van der Waals surface area contributed by atoms with Crippen LogP contribution in [0.15, 0.2) is 57.0 Å². The maximum atomic E-state index is 12.8. The highest BCUT2D eigenvalue weighted by Gasteiger charge is 2.17. The monoisotopic (exact) mass is 392 g/mol. The number of hydrogen-bond donors (Lipinski definition) is 0. The summed E-state index contributed by atoms with van der Waals surface area (Å²) in [5.74, 6) is 2.21. The van der Waals surface area contributed by atoms with E-state index in [1.54, 1.807) is 30.5 Å². The standard InChI is InChI=1S/C19H16N6O2S/c1-2-24-17(15-8-5-11-27-15)22-23-19(24)28-12-16-21-14-7-4-3-6-13(14)18(26)25(16)10-9-20/h3-8,11H,2,10,12H2,1H3. The molecule has 0 saturated carbocycles. The first kappa shape index (κ1) is 18.0. The van der Waals surface area contributed by atoms with Crippen molar-refractivity contribution in [3.63, 3.8) is 0 Å². The van der Waals surface area contributed by atoms with Crippen molar-refractivity contribution < 1.29 is 4.42 Å². The Morgan fingerprint density at radius 3 is 2.79 bits per heavy atom. The van der Waals surface area contributed by atoms with Gasteiger partial charge < -0.3 is 4.42 Å². The minimum atomic E-state index is -0.212. The van der Waals surface area contributed by atoms with E-state index in [4.69, 9.17) is 9.68 Å². The molecule has 28 heavy (non-hydrogen) atoms. The zero-order valence-electron chi connectivity index (χ0n) is 15.1. The lowest BCUT2D eigenvalue weighted by Crippen LogP contribution is -2.24. The fourth-order valence-electron chi connectivity index (χ4n) is 2.96. The number of rotatable bonds is 6. The second-order valence-electron chi connectivity index (χ2n) is 5.91. The number of aromatic nitrogens is 5. The molecule has 1 aromatic carbocycles. The first-order chi connectivity index (χ1) is 13.7. The van der Waals surface area contributed by atoms with Crippen LogP contribution in [-0.2, 0) is 18.8 Å². The van der Waals surface area contributed by atoms with E-state index in [9.17, 15) is 4.79 Å². The molecule has 0 amide bonds. The minimum absolute atomic E-state index is 0.0509. The van der Waals surface area contributed by atoms with Crippen molar-refractivity contribution in [2.45, 2.75) is 30.9 Å². The molecule has 0 aliphatic carbocycles. The minimum Gasteiger partial charge on any atom is -0.461 e. The highest BCUT2D eigenvalue weighted by molar-refractivity contribution is 7.98. The molecule has 4 rings (SSSR count). The van der Waals surface area contributed by atoms with Crippen molar-refractivity contribution in [1.82, 2.24) is 24.3 Å². The Balaban J connectivity index is 1.69. The molecule has 0 unspecified atom stereocenters. The summed E-state index contributed by atoms with van der Waals surface area (Å²) in [5, 5.41) is 18.8. The molecule has 0 atom stereocenters. The fraction of sp³-hybridized carbons (Fsp3) is 0.211. The van der Waals surface area contributed by atoms with Gasteiger partial charge in [-0.25, -0.2) is 4.98 Å². The summed E-state index contributed by atoms with van der Waals surface area (Å²) in [4.78, 5) is 17.3. The zero-order valence-corrected chi connectivity index (χ0v) is 15.9. The van der Waals surface area contributed by atoms with E-state index in [2.05, 4.69) is 15.2 Å². The zero-order chi connectivity index (χ0) is 19.5. The number of furan rings is 1. The molecule has 0 aliphatic rings. The molecule has 0 saturated heterocycles. The van der Waals surface area contributed by atoms with Gasteiger partial charge in [-0.05, 0) is 31.2 Å². The van der Waals surface area contributed by atoms with Crippen LogP contribution in [0.4, 0.5) is 0 Å². The van der Waals surface area contributed by atoms with Crippen molar-refractivity contribution in [3.8, 4) is 17.7 Å². The van der Waals surface area contributed by atoms with Crippen molar-refractivity contribution >= 4 is 22.7 Å². The summed E-state index contributed by atoms with van der Waals surface area (Å²) in [7, 11) is 0. The van der Waals surface area contributed by atoms with Gasteiger partial charge in [0, 0.05) is 6.54 Å². The van der Waals surface area contributed by atoms with E-state index < -0.39 is 0 Å². The Morgan fingerprint density at radius 2 is 2.04 bits per heavy atom. The van der Waals surface area contributed by atoms with Gasteiger partial charge >= 0.3 is 0 Å². The lowest BCUT2D eigenvalue weighted by atomic mass is 10.2. The maximum absolute atomic E-state index is 12.8. The SMILES string of the molecule is CCn1c(SCc2nc3ccccc3c(=O)n2CC#N)nnc1-c1ccco1. The van der Waals surface area contributed by atoms with Crippen LogP contribution >= 0.6 is 11.8 Å². The first-order valence-corrected chi connectivity index (χ1v) is 9.66. The van der Waals surface area contributed by atoms with E-state index in [0.29, 0.717) is 45.8 Å². The summed E-state index contributed by atoms with van der Waals surface area (Å²) in [5.41, 5.74) is 0.404. The molecule has 0 fully saturated rings. The number of thioether (sulfide) groups is 1. The fourth-order valence-corrected chi connectivity index (χ4v) is 3.90. The van der Waals surface area contributed by atoms with Gasteiger partial charge in [-0.2, -0.15) is 5.26 Å². The lowest BCUT2D eigenvalue weighted by Gasteiger charge is -2.11. The number of para-hydroxylation sites is 1. The molecule has 0 radical (unpaired) electrons. The maximum Gasteiger partial charge on any atom is 0.262 e. The molecule has 0 N–H and O–H groups in total. The van der Waals surface area contributed by atoms with Crippen LogP contribution in [0.1, 0.15) is 12.7 Å². The Bertz CT molecular complexity index is 1220. The number of benzene rings is 1. The molecule has 0 aliphatic heterocycles. The Labute approximate surface area is 164 Å². The van der Waals surface area contributed by atoms with Gasteiger partial charge in [0.05, 0.1) is 29.0 Å². The molecular weight excluding hydrogens is 376 g/mol. The van der Waals surface area contributed by atoms with E-state index in [-0.39, 0.29) is 12.1 Å². The molecule has 8 nitrogen and oxygen atoms in total. The van der Waals surface area contributed by atoms with Crippen LogP contribution in [-0.4, -0.2) is 24.3 Å². The van der Waals surface area contributed by atoms with Gasteiger partial charge in [0.2, 0.25) is 0 Å². The average molecular weight is 392 g/mol. The van der Waals surface area contributed by atoms with Gasteiger partial charge in [-0.15, -0.1) is 10.2 Å². The van der Waals surface area contributed by atoms with Crippen molar-refractivity contribution in [2.75, 3.05) is 0 Å². The molecule has 4 aromatic rings. The van der Waals surface area contributed by atoms with Crippen molar-refractivity contribution in [1.29, 1.82) is 5.26 Å². The number of hydrogen-bond acceptors (Lipinski definition) is 7. The summed E-state index contributed by atoms with van der Waals surface area (Å²) in [6.07, 6.45) is 1.59. The van der Waals surface area contributed by atoms with Crippen LogP contribution < -0.4 is 5.56 Å². The Kier molecular flexibility index (Phi) is 4.95. The number of nitriles is 1. The van der Waals surface area contributed by atoms with E-state index >= 15 is 0 Å². The summed E-state index contributed by atoms with van der Waals surface area (Å²) >= 11 is 1.42. The third kappa shape index (κ3) is 3.18. The quantitative estimate of drug-likeness (QED) is 0.465. The van der Waals surface area contributed by atoms with Gasteiger partial charge in [0.15, 0.2) is 16.7 Å². The van der Waals surface area contributed by atoms with Crippen molar-refractivity contribution in [2.24, 2.45) is 0 Å². The third-order valence-electron chi connectivity index (χ3n) is 4.27. The van der Waals surface area contributed by atoms with E-state index in [1.807, 2.05) is 29.7 Å². The highest BCUT2D eigenvalue weighted by atomic mass is 32.2. The normalized spacial score (nSPS) is 11.0. The van der Waals surface area contributed by atoms with Crippen LogP contribution in [0, 0.1) is 11.3 Å². The van der Waals surface area contributed by atoms with Gasteiger partial charge in [0.1, 0.15) is 12.4 Å². The van der Waals surface area contributed by atoms with Gasteiger partial charge in [-0.1, -0.05) is 23.9 Å². The first-order valence-electron chi connectivity index (χ1n) is 8.68. The number of fused-ring (bicyclic) bond motifs is 1. The van der Waals surface area contributed by atoms with Gasteiger partial charge in [-0.3, -0.25) is 13.9 Å². The molecule has 3 heterocycles. The smallest absolute Gasteiger partial charge is 0.262 e. The van der Waals surface area contributed by atoms with Crippen LogP contribution in [0.2, 0.25) is 0 Å². The third-order valence-corrected chi connectivity index (χ3v) is 5.24. The Morgan fingerprint density at radius 1 is 1.18 bits per heavy atom. The van der Waals surface area contributed by atoms with Crippen molar-refractivity contribution in [3.05, 3.63) is 58.8 Å². The van der Waals surface area contributed by atoms with Crippen LogP contribution in [0.3, 0.4) is 0 Å². The van der Waals surface area contributed by atoms with E-state index in [0.717, 1.165) is 0 Å².